The summed E-state index contributed by atoms with van der Waals surface area (Å²) in [6, 6.07) is 7.50. The second-order valence-electron chi connectivity index (χ2n) is 3.84. The molecule has 3 aromatic rings. The van der Waals surface area contributed by atoms with E-state index in [1.54, 1.807) is 18.6 Å². The van der Waals surface area contributed by atoms with Crippen LogP contribution in [-0.2, 0) is 0 Å². The molecule has 3 rings (SSSR count). The van der Waals surface area contributed by atoms with Crippen LogP contribution < -0.4 is 5.32 Å². The summed E-state index contributed by atoms with van der Waals surface area (Å²) in [5.41, 5.74) is 1.64. The summed E-state index contributed by atoms with van der Waals surface area (Å²) in [5.74, 6) is 0.537. The molecule has 0 radical (unpaired) electrons. The SMILES string of the molecule is Clc1ccc(Nc2ncc(I)cn2)c2ncccc12. The predicted molar refractivity (Wildman–Crippen MR) is 84.8 cm³/mol. The van der Waals surface area contributed by atoms with Crippen molar-refractivity contribution in [2.45, 2.75) is 0 Å². The summed E-state index contributed by atoms with van der Waals surface area (Å²) < 4.78 is 0.988. The van der Waals surface area contributed by atoms with Crippen LogP contribution in [0.2, 0.25) is 5.02 Å². The molecule has 4 nitrogen and oxygen atoms in total. The molecule has 19 heavy (non-hydrogen) atoms. The van der Waals surface area contributed by atoms with E-state index in [9.17, 15) is 0 Å². The van der Waals surface area contributed by atoms with E-state index in [4.69, 9.17) is 11.6 Å². The third-order valence-electron chi connectivity index (χ3n) is 2.58. The normalized spacial score (nSPS) is 10.6. The summed E-state index contributed by atoms with van der Waals surface area (Å²) in [4.78, 5) is 12.8. The first-order chi connectivity index (χ1) is 9.24. The van der Waals surface area contributed by atoms with E-state index in [2.05, 4.69) is 42.9 Å². The van der Waals surface area contributed by atoms with E-state index in [0.717, 1.165) is 20.2 Å². The van der Waals surface area contributed by atoms with Gasteiger partial charge in [0.15, 0.2) is 0 Å². The van der Waals surface area contributed by atoms with E-state index in [1.807, 2.05) is 24.3 Å². The Balaban J connectivity index is 2.06. The molecule has 0 saturated heterocycles. The molecule has 0 amide bonds. The molecule has 0 saturated carbocycles. The van der Waals surface area contributed by atoms with Gasteiger partial charge in [0, 0.05) is 27.5 Å². The summed E-state index contributed by atoms with van der Waals surface area (Å²) in [7, 11) is 0. The van der Waals surface area contributed by atoms with Crippen molar-refractivity contribution in [3.8, 4) is 0 Å². The Morgan fingerprint density at radius 3 is 2.63 bits per heavy atom. The summed E-state index contributed by atoms with van der Waals surface area (Å²) in [6.45, 7) is 0. The predicted octanol–water partition coefficient (Wildman–Crippen LogP) is 4.03. The highest BCUT2D eigenvalue weighted by Crippen LogP contribution is 2.29. The minimum absolute atomic E-state index is 0.537. The molecular weight excluding hydrogens is 375 g/mol. The minimum Gasteiger partial charge on any atom is -0.322 e. The van der Waals surface area contributed by atoms with E-state index < -0.39 is 0 Å². The Kier molecular flexibility index (Phi) is 3.48. The number of hydrogen-bond donors (Lipinski definition) is 1. The topological polar surface area (TPSA) is 50.7 Å². The molecule has 6 heteroatoms. The largest absolute Gasteiger partial charge is 0.322 e. The van der Waals surface area contributed by atoms with Gasteiger partial charge in [-0.25, -0.2) is 9.97 Å². The van der Waals surface area contributed by atoms with Gasteiger partial charge in [-0.3, -0.25) is 4.98 Å². The van der Waals surface area contributed by atoms with E-state index in [1.165, 1.54) is 0 Å². The molecule has 0 aliphatic heterocycles. The fraction of sp³-hybridized carbons (Fsp3) is 0. The molecule has 94 valence electrons. The number of benzene rings is 1. The van der Waals surface area contributed by atoms with Gasteiger partial charge in [0.1, 0.15) is 0 Å². The molecule has 0 atom stereocenters. The third-order valence-corrected chi connectivity index (χ3v) is 3.47. The van der Waals surface area contributed by atoms with Gasteiger partial charge < -0.3 is 5.32 Å². The molecule has 0 aliphatic rings. The van der Waals surface area contributed by atoms with E-state index in [0.29, 0.717) is 11.0 Å². The van der Waals surface area contributed by atoms with Crippen LogP contribution in [-0.4, -0.2) is 15.0 Å². The van der Waals surface area contributed by atoms with Crippen LogP contribution in [0, 0.1) is 3.57 Å². The van der Waals surface area contributed by atoms with Gasteiger partial charge in [-0.15, -0.1) is 0 Å². The summed E-state index contributed by atoms with van der Waals surface area (Å²) in [5, 5.41) is 4.74. The first-order valence-corrected chi connectivity index (χ1v) is 6.97. The van der Waals surface area contributed by atoms with Gasteiger partial charge in [0.05, 0.1) is 16.2 Å². The number of fused-ring (bicyclic) bond motifs is 1. The highest BCUT2D eigenvalue weighted by atomic mass is 127. The number of halogens is 2. The number of aromatic nitrogens is 3. The van der Waals surface area contributed by atoms with Gasteiger partial charge in [0.2, 0.25) is 5.95 Å². The Labute approximate surface area is 128 Å². The summed E-state index contributed by atoms with van der Waals surface area (Å²) >= 11 is 8.32. The number of hydrogen-bond acceptors (Lipinski definition) is 4. The highest BCUT2D eigenvalue weighted by molar-refractivity contribution is 14.1. The maximum Gasteiger partial charge on any atom is 0.227 e. The van der Waals surface area contributed by atoms with Crippen molar-refractivity contribution in [3.63, 3.8) is 0 Å². The Bertz CT molecular complexity index is 730. The van der Waals surface area contributed by atoms with Crippen LogP contribution in [0.25, 0.3) is 10.9 Å². The quantitative estimate of drug-likeness (QED) is 0.680. The molecule has 1 N–H and O–H groups in total. The van der Waals surface area contributed by atoms with Crippen molar-refractivity contribution in [3.05, 3.63) is 51.4 Å². The van der Waals surface area contributed by atoms with Crippen molar-refractivity contribution >= 4 is 56.7 Å². The zero-order valence-electron chi connectivity index (χ0n) is 9.64. The van der Waals surface area contributed by atoms with Gasteiger partial charge in [-0.05, 0) is 46.9 Å². The second kappa shape index (κ2) is 5.26. The standard InChI is InChI=1S/C13H8ClIN4/c14-10-3-4-11(12-9(10)2-1-5-16-12)19-13-17-6-8(15)7-18-13/h1-7H,(H,17,18,19). The average molecular weight is 383 g/mol. The lowest BCUT2D eigenvalue weighted by molar-refractivity contribution is 1.15. The molecule has 0 bridgehead atoms. The second-order valence-corrected chi connectivity index (χ2v) is 5.50. The molecule has 0 fully saturated rings. The Hall–Kier alpha value is -1.47. The van der Waals surface area contributed by atoms with Crippen LogP contribution in [0.3, 0.4) is 0 Å². The fourth-order valence-electron chi connectivity index (χ4n) is 1.74. The van der Waals surface area contributed by atoms with Gasteiger partial charge >= 0.3 is 0 Å². The van der Waals surface area contributed by atoms with Crippen LogP contribution >= 0.6 is 34.2 Å². The Morgan fingerprint density at radius 1 is 1.05 bits per heavy atom. The van der Waals surface area contributed by atoms with Crippen molar-refractivity contribution in [2.75, 3.05) is 5.32 Å². The Morgan fingerprint density at radius 2 is 1.84 bits per heavy atom. The number of nitrogens with one attached hydrogen (secondary N) is 1. The van der Waals surface area contributed by atoms with Gasteiger partial charge in [-0.1, -0.05) is 11.6 Å². The number of pyridine rings is 1. The van der Waals surface area contributed by atoms with Crippen LogP contribution in [0.15, 0.2) is 42.9 Å². The van der Waals surface area contributed by atoms with Crippen LogP contribution in [0.1, 0.15) is 0 Å². The van der Waals surface area contributed by atoms with Crippen LogP contribution in [0.5, 0.6) is 0 Å². The molecule has 2 heterocycles. The monoisotopic (exact) mass is 382 g/mol. The highest BCUT2D eigenvalue weighted by Gasteiger charge is 2.06. The maximum absolute atomic E-state index is 6.15. The number of anilines is 2. The lowest BCUT2D eigenvalue weighted by Crippen LogP contribution is -1.98. The average Bonchev–Trinajstić information content (AvgIpc) is 2.45. The first kappa shape index (κ1) is 12.6. The van der Waals surface area contributed by atoms with Crippen molar-refractivity contribution in [1.29, 1.82) is 0 Å². The van der Waals surface area contributed by atoms with Crippen molar-refractivity contribution in [2.24, 2.45) is 0 Å². The van der Waals surface area contributed by atoms with Gasteiger partial charge in [-0.2, -0.15) is 0 Å². The van der Waals surface area contributed by atoms with Crippen molar-refractivity contribution in [1.82, 2.24) is 15.0 Å². The minimum atomic E-state index is 0.537. The maximum atomic E-state index is 6.15. The number of rotatable bonds is 2. The smallest absolute Gasteiger partial charge is 0.227 e. The lowest BCUT2D eigenvalue weighted by atomic mass is 10.2. The third kappa shape index (κ3) is 2.62. The van der Waals surface area contributed by atoms with Gasteiger partial charge in [0.25, 0.3) is 0 Å². The zero-order chi connectivity index (χ0) is 13.2. The fourth-order valence-corrected chi connectivity index (χ4v) is 2.23. The van der Waals surface area contributed by atoms with E-state index in [-0.39, 0.29) is 0 Å². The van der Waals surface area contributed by atoms with E-state index >= 15 is 0 Å². The van der Waals surface area contributed by atoms with Crippen molar-refractivity contribution < 1.29 is 0 Å². The molecule has 1 aromatic carbocycles. The molecule has 0 aliphatic carbocycles. The molecule has 0 spiro atoms. The molecule has 2 aromatic heterocycles. The molecule has 0 unspecified atom stereocenters. The molecular formula is C13H8ClIN4. The first-order valence-electron chi connectivity index (χ1n) is 5.52. The van der Waals surface area contributed by atoms with Crippen LogP contribution in [0.4, 0.5) is 11.6 Å². The zero-order valence-corrected chi connectivity index (χ0v) is 12.6. The lowest BCUT2D eigenvalue weighted by Gasteiger charge is -2.08. The summed E-state index contributed by atoms with van der Waals surface area (Å²) in [6.07, 6.45) is 5.24. The number of nitrogens with zero attached hydrogens (tertiary/aromatic N) is 3.